The summed E-state index contributed by atoms with van der Waals surface area (Å²) in [6.45, 7) is 5.54. The SMILES string of the molecule is CCNC1CC2CCCC(C1)N2CCCn1ccnn1. The molecule has 0 aliphatic carbocycles. The summed E-state index contributed by atoms with van der Waals surface area (Å²) in [5.41, 5.74) is 0. The second kappa shape index (κ2) is 6.68. The fourth-order valence-electron chi connectivity index (χ4n) is 4.07. The molecule has 2 bridgehead atoms. The molecule has 112 valence electrons. The Balaban J connectivity index is 1.51. The first-order valence-electron chi connectivity index (χ1n) is 8.20. The number of piperidine rings is 2. The molecule has 0 saturated carbocycles. The molecular weight excluding hydrogens is 250 g/mol. The van der Waals surface area contributed by atoms with Gasteiger partial charge in [0.1, 0.15) is 0 Å². The van der Waals surface area contributed by atoms with E-state index >= 15 is 0 Å². The molecule has 0 spiro atoms. The summed E-state index contributed by atoms with van der Waals surface area (Å²) in [6.07, 6.45) is 11.8. The van der Waals surface area contributed by atoms with Crippen LogP contribution >= 0.6 is 0 Å². The van der Waals surface area contributed by atoms with E-state index in [0.29, 0.717) is 0 Å². The molecule has 1 aromatic rings. The van der Waals surface area contributed by atoms with E-state index in [1.165, 1.54) is 45.1 Å². The largest absolute Gasteiger partial charge is 0.314 e. The monoisotopic (exact) mass is 277 g/mol. The molecule has 1 N–H and O–H groups in total. The second-order valence-corrected chi connectivity index (χ2v) is 6.22. The van der Waals surface area contributed by atoms with E-state index in [4.69, 9.17) is 0 Å². The summed E-state index contributed by atoms with van der Waals surface area (Å²) in [6, 6.07) is 2.37. The van der Waals surface area contributed by atoms with Gasteiger partial charge in [-0.2, -0.15) is 0 Å². The minimum absolute atomic E-state index is 0.752. The highest BCUT2D eigenvalue weighted by Gasteiger charge is 2.37. The van der Waals surface area contributed by atoms with Gasteiger partial charge in [0.05, 0.1) is 6.20 Å². The Bertz CT molecular complexity index is 377. The lowest BCUT2D eigenvalue weighted by atomic mass is 9.81. The molecule has 0 amide bonds. The van der Waals surface area contributed by atoms with Crippen molar-refractivity contribution < 1.29 is 0 Å². The predicted molar refractivity (Wildman–Crippen MR) is 79.5 cm³/mol. The van der Waals surface area contributed by atoms with Crippen molar-refractivity contribution in [2.75, 3.05) is 13.1 Å². The van der Waals surface area contributed by atoms with E-state index in [1.807, 2.05) is 10.9 Å². The normalized spacial score (nSPS) is 30.6. The Morgan fingerprint density at radius 1 is 1.20 bits per heavy atom. The standard InChI is InChI=1S/C15H27N5/c1-2-16-13-11-14-5-3-6-15(12-13)20(14)9-4-8-19-10-7-17-18-19/h7,10,13-16H,2-6,8-9,11-12H2,1H3. The van der Waals surface area contributed by atoms with Gasteiger partial charge in [-0.3, -0.25) is 9.58 Å². The molecule has 20 heavy (non-hydrogen) atoms. The van der Waals surface area contributed by atoms with E-state index in [2.05, 4.69) is 27.5 Å². The van der Waals surface area contributed by atoms with Crippen LogP contribution in [-0.2, 0) is 6.54 Å². The maximum Gasteiger partial charge on any atom is 0.0692 e. The van der Waals surface area contributed by atoms with Crippen LogP contribution in [0.25, 0.3) is 0 Å². The lowest BCUT2D eigenvalue weighted by Crippen LogP contribution is -2.56. The number of hydrogen-bond donors (Lipinski definition) is 1. The molecule has 0 aromatic carbocycles. The Kier molecular flexibility index (Phi) is 4.68. The van der Waals surface area contributed by atoms with Gasteiger partial charge in [-0.15, -0.1) is 5.10 Å². The van der Waals surface area contributed by atoms with Gasteiger partial charge in [-0.05, 0) is 38.6 Å². The first-order chi connectivity index (χ1) is 9.86. The minimum atomic E-state index is 0.752. The van der Waals surface area contributed by atoms with Crippen LogP contribution in [-0.4, -0.2) is 51.1 Å². The molecule has 2 saturated heterocycles. The Morgan fingerprint density at radius 2 is 2.00 bits per heavy atom. The second-order valence-electron chi connectivity index (χ2n) is 6.22. The number of fused-ring (bicyclic) bond motifs is 2. The maximum absolute atomic E-state index is 4.05. The highest BCUT2D eigenvalue weighted by Crippen LogP contribution is 2.34. The average molecular weight is 277 g/mol. The molecule has 5 nitrogen and oxygen atoms in total. The summed E-state index contributed by atoms with van der Waals surface area (Å²) in [5, 5.41) is 11.6. The van der Waals surface area contributed by atoms with Gasteiger partial charge >= 0.3 is 0 Å². The van der Waals surface area contributed by atoms with Gasteiger partial charge in [-0.25, -0.2) is 0 Å². The lowest BCUT2D eigenvalue weighted by Gasteiger charge is -2.49. The third-order valence-corrected chi connectivity index (χ3v) is 4.89. The van der Waals surface area contributed by atoms with Crippen LogP contribution in [0.4, 0.5) is 0 Å². The summed E-state index contributed by atoms with van der Waals surface area (Å²) in [5.74, 6) is 0. The summed E-state index contributed by atoms with van der Waals surface area (Å²) < 4.78 is 1.95. The van der Waals surface area contributed by atoms with Gasteiger partial charge < -0.3 is 5.32 Å². The zero-order chi connectivity index (χ0) is 13.8. The van der Waals surface area contributed by atoms with E-state index in [0.717, 1.165) is 31.2 Å². The first kappa shape index (κ1) is 14.0. The van der Waals surface area contributed by atoms with Gasteiger partial charge in [0.2, 0.25) is 0 Å². The van der Waals surface area contributed by atoms with Crippen molar-refractivity contribution in [3.05, 3.63) is 12.4 Å². The summed E-state index contributed by atoms with van der Waals surface area (Å²) in [4.78, 5) is 2.79. The van der Waals surface area contributed by atoms with Crippen molar-refractivity contribution in [2.24, 2.45) is 0 Å². The molecular formula is C15H27N5. The van der Waals surface area contributed by atoms with Crippen molar-refractivity contribution in [3.63, 3.8) is 0 Å². The van der Waals surface area contributed by atoms with Crippen molar-refractivity contribution >= 4 is 0 Å². The molecule has 2 aliphatic heterocycles. The minimum Gasteiger partial charge on any atom is -0.314 e. The van der Waals surface area contributed by atoms with Crippen molar-refractivity contribution in [1.82, 2.24) is 25.2 Å². The zero-order valence-electron chi connectivity index (χ0n) is 12.5. The lowest BCUT2D eigenvalue weighted by molar-refractivity contribution is 0.0230. The van der Waals surface area contributed by atoms with Crippen LogP contribution in [0, 0.1) is 0 Å². The number of hydrogen-bond acceptors (Lipinski definition) is 4. The molecule has 3 rings (SSSR count). The Morgan fingerprint density at radius 3 is 2.65 bits per heavy atom. The van der Waals surface area contributed by atoms with Crippen LogP contribution in [0.3, 0.4) is 0 Å². The van der Waals surface area contributed by atoms with Crippen molar-refractivity contribution in [1.29, 1.82) is 0 Å². The Hall–Kier alpha value is -0.940. The van der Waals surface area contributed by atoms with Crippen molar-refractivity contribution in [3.8, 4) is 0 Å². The van der Waals surface area contributed by atoms with Gasteiger partial charge in [0.15, 0.2) is 0 Å². The maximum atomic E-state index is 4.05. The fraction of sp³-hybridized carbons (Fsp3) is 0.867. The number of rotatable bonds is 6. The quantitative estimate of drug-likeness (QED) is 0.859. The van der Waals surface area contributed by atoms with Crippen LogP contribution in [0.2, 0.25) is 0 Å². The predicted octanol–water partition coefficient (Wildman–Crippen LogP) is 1.66. The van der Waals surface area contributed by atoms with Gasteiger partial charge in [0.25, 0.3) is 0 Å². The molecule has 2 aliphatic rings. The number of aromatic nitrogens is 3. The molecule has 2 atom stereocenters. The van der Waals surface area contributed by atoms with Crippen LogP contribution in [0.5, 0.6) is 0 Å². The average Bonchev–Trinajstić information content (AvgIpc) is 2.93. The van der Waals surface area contributed by atoms with E-state index in [1.54, 1.807) is 6.20 Å². The summed E-state index contributed by atoms with van der Waals surface area (Å²) >= 11 is 0. The number of nitrogens with zero attached hydrogens (tertiary/aromatic N) is 4. The highest BCUT2D eigenvalue weighted by molar-refractivity contribution is 4.94. The topological polar surface area (TPSA) is 46.0 Å². The van der Waals surface area contributed by atoms with Gasteiger partial charge in [0, 0.05) is 37.4 Å². The third kappa shape index (κ3) is 3.20. The molecule has 0 radical (unpaired) electrons. The number of nitrogens with one attached hydrogen (secondary N) is 1. The molecule has 1 aromatic heterocycles. The highest BCUT2D eigenvalue weighted by atomic mass is 15.4. The smallest absolute Gasteiger partial charge is 0.0692 e. The molecule has 2 unspecified atom stereocenters. The Labute approximate surface area is 121 Å². The molecule has 3 heterocycles. The summed E-state index contributed by atoms with van der Waals surface area (Å²) in [7, 11) is 0. The molecule has 2 fully saturated rings. The van der Waals surface area contributed by atoms with E-state index < -0.39 is 0 Å². The van der Waals surface area contributed by atoms with Gasteiger partial charge in [-0.1, -0.05) is 18.6 Å². The van der Waals surface area contributed by atoms with Crippen molar-refractivity contribution in [2.45, 2.75) is 70.1 Å². The number of aryl methyl sites for hydroxylation is 1. The van der Waals surface area contributed by atoms with Crippen LogP contribution < -0.4 is 5.32 Å². The van der Waals surface area contributed by atoms with Crippen LogP contribution in [0.15, 0.2) is 12.4 Å². The zero-order valence-corrected chi connectivity index (χ0v) is 12.5. The van der Waals surface area contributed by atoms with E-state index in [9.17, 15) is 0 Å². The molecule has 5 heteroatoms. The first-order valence-corrected chi connectivity index (χ1v) is 8.20. The van der Waals surface area contributed by atoms with Crippen LogP contribution in [0.1, 0.15) is 45.4 Å². The van der Waals surface area contributed by atoms with E-state index in [-0.39, 0.29) is 0 Å². The fourth-order valence-corrected chi connectivity index (χ4v) is 4.07. The third-order valence-electron chi connectivity index (χ3n) is 4.89.